The highest BCUT2D eigenvalue weighted by Gasteiger charge is 2.09. The molecule has 4 heteroatoms. The standard InChI is InChI=1S/C11H18O4/c1-2-3-4-5-6-10(13)7-11(14)8-15-9-12/h9H,2-8H2,1H3. The minimum absolute atomic E-state index is 0.0643. The van der Waals surface area contributed by atoms with Gasteiger partial charge >= 0.3 is 0 Å². The fourth-order valence-electron chi connectivity index (χ4n) is 1.24. The molecule has 0 radical (unpaired) electrons. The molecule has 0 saturated carbocycles. The summed E-state index contributed by atoms with van der Waals surface area (Å²) in [7, 11) is 0. The second-order valence-electron chi connectivity index (χ2n) is 3.47. The molecule has 0 aliphatic rings. The highest BCUT2D eigenvalue weighted by molar-refractivity contribution is 5.99. The van der Waals surface area contributed by atoms with Crippen LogP contribution >= 0.6 is 0 Å². The third kappa shape index (κ3) is 9.12. The van der Waals surface area contributed by atoms with Crippen LogP contribution in [0, 0.1) is 0 Å². The third-order valence-corrected chi connectivity index (χ3v) is 2.02. The van der Waals surface area contributed by atoms with Crippen LogP contribution in [0.4, 0.5) is 0 Å². The Morgan fingerprint density at radius 3 is 2.47 bits per heavy atom. The fourth-order valence-corrected chi connectivity index (χ4v) is 1.24. The van der Waals surface area contributed by atoms with Gasteiger partial charge in [0.15, 0.2) is 5.78 Å². The molecule has 0 rings (SSSR count). The number of carbonyl (C=O) groups excluding carboxylic acids is 3. The van der Waals surface area contributed by atoms with Crippen molar-refractivity contribution in [2.24, 2.45) is 0 Å². The number of ether oxygens (including phenoxy) is 1. The second-order valence-corrected chi connectivity index (χ2v) is 3.47. The molecule has 0 aromatic heterocycles. The zero-order valence-electron chi connectivity index (χ0n) is 9.16. The van der Waals surface area contributed by atoms with Crippen LogP contribution in [-0.2, 0) is 19.1 Å². The fraction of sp³-hybridized carbons (Fsp3) is 0.727. The Labute approximate surface area is 90.0 Å². The van der Waals surface area contributed by atoms with E-state index in [-0.39, 0.29) is 31.1 Å². The van der Waals surface area contributed by atoms with Crippen molar-refractivity contribution in [1.82, 2.24) is 0 Å². The maximum absolute atomic E-state index is 11.2. The molecule has 0 aliphatic heterocycles. The van der Waals surface area contributed by atoms with Crippen molar-refractivity contribution >= 4 is 18.0 Å². The van der Waals surface area contributed by atoms with E-state index in [4.69, 9.17) is 0 Å². The molecule has 0 aromatic rings. The molecule has 0 atom stereocenters. The van der Waals surface area contributed by atoms with Crippen molar-refractivity contribution in [3.8, 4) is 0 Å². The highest BCUT2D eigenvalue weighted by Crippen LogP contribution is 2.04. The van der Waals surface area contributed by atoms with Gasteiger partial charge < -0.3 is 4.74 Å². The van der Waals surface area contributed by atoms with E-state index in [0.29, 0.717) is 6.42 Å². The van der Waals surface area contributed by atoms with Crippen LogP contribution in [0.25, 0.3) is 0 Å². The van der Waals surface area contributed by atoms with E-state index in [1.807, 2.05) is 0 Å². The number of ketones is 2. The minimum Gasteiger partial charge on any atom is -0.460 e. The Bertz CT molecular complexity index is 211. The molecule has 0 spiro atoms. The van der Waals surface area contributed by atoms with Crippen LogP contribution in [0.1, 0.15) is 45.4 Å². The molecule has 0 fully saturated rings. The first kappa shape index (κ1) is 13.8. The molecule has 0 heterocycles. The van der Waals surface area contributed by atoms with Gasteiger partial charge in [-0.1, -0.05) is 26.2 Å². The van der Waals surface area contributed by atoms with E-state index in [1.165, 1.54) is 0 Å². The number of unbranched alkanes of at least 4 members (excludes halogenated alkanes) is 3. The summed E-state index contributed by atoms with van der Waals surface area (Å²) in [4.78, 5) is 32.0. The monoisotopic (exact) mass is 214 g/mol. The Morgan fingerprint density at radius 2 is 1.87 bits per heavy atom. The third-order valence-electron chi connectivity index (χ3n) is 2.02. The maximum Gasteiger partial charge on any atom is 0.293 e. The normalized spacial score (nSPS) is 9.67. The molecular formula is C11H18O4. The first-order valence-corrected chi connectivity index (χ1v) is 5.29. The van der Waals surface area contributed by atoms with Crippen molar-refractivity contribution in [1.29, 1.82) is 0 Å². The van der Waals surface area contributed by atoms with Gasteiger partial charge in [0.05, 0.1) is 6.42 Å². The number of rotatable bonds is 10. The summed E-state index contributed by atoms with van der Waals surface area (Å²) >= 11 is 0. The highest BCUT2D eigenvalue weighted by atomic mass is 16.5. The number of hydrogen-bond donors (Lipinski definition) is 0. The first-order chi connectivity index (χ1) is 7.20. The van der Waals surface area contributed by atoms with Gasteiger partial charge in [0.25, 0.3) is 6.47 Å². The predicted octanol–water partition coefficient (Wildman–Crippen LogP) is 1.66. The molecule has 0 saturated heterocycles. The predicted molar refractivity (Wildman–Crippen MR) is 55.4 cm³/mol. The SMILES string of the molecule is CCCCCCC(=O)CC(=O)COC=O. The van der Waals surface area contributed by atoms with E-state index in [1.54, 1.807) is 0 Å². The first-order valence-electron chi connectivity index (χ1n) is 5.29. The van der Waals surface area contributed by atoms with E-state index in [0.717, 1.165) is 25.7 Å². The molecule has 15 heavy (non-hydrogen) atoms. The van der Waals surface area contributed by atoms with Crippen molar-refractivity contribution in [2.45, 2.75) is 45.4 Å². The van der Waals surface area contributed by atoms with Gasteiger partial charge in [-0.2, -0.15) is 0 Å². The summed E-state index contributed by atoms with van der Waals surface area (Å²) in [5.74, 6) is -0.395. The Balaban J connectivity index is 3.46. The lowest BCUT2D eigenvalue weighted by molar-refractivity contribution is -0.138. The smallest absolute Gasteiger partial charge is 0.293 e. The zero-order chi connectivity index (χ0) is 11.5. The van der Waals surface area contributed by atoms with Gasteiger partial charge in [0, 0.05) is 6.42 Å². The molecule has 0 N–H and O–H groups in total. The molecule has 0 unspecified atom stereocenters. The molecule has 4 nitrogen and oxygen atoms in total. The van der Waals surface area contributed by atoms with Crippen LogP contribution in [0.15, 0.2) is 0 Å². The second kappa shape index (κ2) is 9.37. The topological polar surface area (TPSA) is 60.4 Å². The molecule has 0 aliphatic carbocycles. The summed E-state index contributed by atoms with van der Waals surface area (Å²) in [5, 5.41) is 0. The van der Waals surface area contributed by atoms with Crippen molar-refractivity contribution < 1.29 is 19.1 Å². The van der Waals surface area contributed by atoms with E-state index < -0.39 is 0 Å². The summed E-state index contributed by atoms with van der Waals surface area (Å²) in [5.41, 5.74) is 0. The lowest BCUT2D eigenvalue weighted by atomic mass is 10.1. The van der Waals surface area contributed by atoms with Crippen molar-refractivity contribution in [2.75, 3.05) is 6.61 Å². The van der Waals surface area contributed by atoms with E-state index in [9.17, 15) is 14.4 Å². The number of Topliss-reactive ketones (excluding diaryl/α,β-unsaturated/α-hetero) is 2. The van der Waals surface area contributed by atoms with Crippen LogP contribution in [0.2, 0.25) is 0 Å². The van der Waals surface area contributed by atoms with E-state index in [2.05, 4.69) is 11.7 Å². The van der Waals surface area contributed by atoms with Crippen LogP contribution in [0.3, 0.4) is 0 Å². The average molecular weight is 214 g/mol. The largest absolute Gasteiger partial charge is 0.460 e. The Morgan fingerprint density at radius 1 is 1.13 bits per heavy atom. The summed E-state index contributed by atoms with van der Waals surface area (Å²) in [6, 6.07) is 0. The average Bonchev–Trinajstić information content (AvgIpc) is 2.21. The van der Waals surface area contributed by atoms with Gasteiger partial charge in [-0.05, 0) is 6.42 Å². The van der Waals surface area contributed by atoms with Gasteiger partial charge in [-0.3, -0.25) is 14.4 Å². The van der Waals surface area contributed by atoms with Crippen molar-refractivity contribution in [3.63, 3.8) is 0 Å². The van der Waals surface area contributed by atoms with E-state index >= 15 is 0 Å². The molecular weight excluding hydrogens is 196 g/mol. The number of carbonyl (C=O) groups is 3. The molecule has 0 bridgehead atoms. The lowest BCUT2D eigenvalue weighted by Gasteiger charge is -2.00. The minimum atomic E-state index is -0.331. The maximum atomic E-state index is 11.2. The Kier molecular flexibility index (Phi) is 8.63. The summed E-state index contributed by atoms with van der Waals surface area (Å²) < 4.78 is 4.26. The van der Waals surface area contributed by atoms with Gasteiger partial charge in [0.1, 0.15) is 12.4 Å². The van der Waals surface area contributed by atoms with Crippen LogP contribution < -0.4 is 0 Å². The van der Waals surface area contributed by atoms with Crippen molar-refractivity contribution in [3.05, 3.63) is 0 Å². The lowest BCUT2D eigenvalue weighted by Crippen LogP contribution is -2.13. The quantitative estimate of drug-likeness (QED) is 0.315. The van der Waals surface area contributed by atoms with Crippen LogP contribution in [-0.4, -0.2) is 24.6 Å². The van der Waals surface area contributed by atoms with Gasteiger partial charge in [-0.25, -0.2) is 0 Å². The molecule has 0 aromatic carbocycles. The summed E-state index contributed by atoms with van der Waals surface area (Å²) in [6.45, 7) is 2.02. The van der Waals surface area contributed by atoms with Gasteiger partial charge in [-0.15, -0.1) is 0 Å². The molecule has 86 valence electrons. The molecule has 0 amide bonds. The number of hydrogen-bond acceptors (Lipinski definition) is 4. The Hall–Kier alpha value is -1.19. The van der Waals surface area contributed by atoms with Crippen LogP contribution in [0.5, 0.6) is 0 Å². The summed E-state index contributed by atoms with van der Waals surface area (Å²) in [6.07, 6.45) is 4.46. The van der Waals surface area contributed by atoms with Gasteiger partial charge in [0.2, 0.25) is 0 Å². The zero-order valence-corrected chi connectivity index (χ0v) is 9.16.